The SMILES string of the molecule is CCN(CC(C)C(N)=NO)c1ccccn1. The van der Waals surface area contributed by atoms with Crippen LogP contribution in [0.25, 0.3) is 0 Å². The van der Waals surface area contributed by atoms with Crippen LogP contribution in [0.5, 0.6) is 0 Å². The van der Waals surface area contributed by atoms with Gasteiger partial charge in [-0.3, -0.25) is 0 Å². The van der Waals surface area contributed by atoms with Crippen molar-refractivity contribution in [3.8, 4) is 0 Å². The number of aromatic nitrogens is 1. The Labute approximate surface area is 95.6 Å². The van der Waals surface area contributed by atoms with Crippen molar-refractivity contribution >= 4 is 11.7 Å². The van der Waals surface area contributed by atoms with Crippen LogP contribution in [0.2, 0.25) is 0 Å². The Balaban J connectivity index is 2.70. The van der Waals surface area contributed by atoms with Crippen molar-refractivity contribution in [1.29, 1.82) is 0 Å². The highest BCUT2D eigenvalue weighted by Gasteiger charge is 2.13. The summed E-state index contributed by atoms with van der Waals surface area (Å²) in [7, 11) is 0. The molecule has 1 unspecified atom stereocenters. The summed E-state index contributed by atoms with van der Waals surface area (Å²) in [4.78, 5) is 6.36. The molecule has 1 heterocycles. The van der Waals surface area contributed by atoms with Gasteiger partial charge in [0.25, 0.3) is 0 Å². The predicted octanol–water partition coefficient (Wildman–Crippen LogP) is 1.29. The Morgan fingerprint density at radius 2 is 2.38 bits per heavy atom. The van der Waals surface area contributed by atoms with Gasteiger partial charge in [-0.1, -0.05) is 18.1 Å². The van der Waals surface area contributed by atoms with Crippen LogP contribution in [0, 0.1) is 5.92 Å². The zero-order valence-electron chi connectivity index (χ0n) is 9.67. The van der Waals surface area contributed by atoms with E-state index in [0.29, 0.717) is 6.54 Å². The predicted molar refractivity (Wildman–Crippen MR) is 64.7 cm³/mol. The largest absolute Gasteiger partial charge is 0.409 e. The van der Waals surface area contributed by atoms with Gasteiger partial charge in [0.05, 0.1) is 0 Å². The molecule has 0 fully saturated rings. The lowest BCUT2D eigenvalue weighted by atomic mass is 10.1. The van der Waals surface area contributed by atoms with E-state index in [4.69, 9.17) is 10.9 Å². The lowest BCUT2D eigenvalue weighted by Gasteiger charge is -2.24. The molecule has 1 aromatic rings. The van der Waals surface area contributed by atoms with Crippen LogP contribution in [0.3, 0.4) is 0 Å². The van der Waals surface area contributed by atoms with Gasteiger partial charge in [0, 0.05) is 25.2 Å². The standard InChI is InChI=1S/C11H18N4O/c1-3-15(8-9(2)11(12)14-16)10-6-4-5-7-13-10/h4-7,9,16H,3,8H2,1-2H3,(H2,12,14). The molecule has 16 heavy (non-hydrogen) atoms. The maximum atomic E-state index is 8.59. The average Bonchev–Trinajstić information content (AvgIpc) is 2.35. The molecule has 0 saturated carbocycles. The number of hydrogen-bond acceptors (Lipinski definition) is 4. The summed E-state index contributed by atoms with van der Waals surface area (Å²) in [6, 6.07) is 5.77. The van der Waals surface area contributed by atoms with Crippen LogP contribution in [0.1, 0.15) is 13.8 Å². The summed E-state index contributed by atoms with van der Waals surface area (Å²) in [6.45, 7) is 5.48. The van der Waals surface area contributed by atoms with E-state index in [1.54, 1.807) is 6.20 Å². The highest BCUT2D eigenvalue weighted by atomic mass is 16.4. The van der Waals surface area contributed by atoms with Crippen molar-refractivity contribution in [1.82, 2.24) is 4.98 Å². The normalized spacial score (nSPS) is 13.5. The summed E-state index contributed by atoms with van der Waals surface area (Å²) in [5.74, 6) is 1.14. The molecule has 1 atom stereocenters. The van der Waals surface area contributed by atoms with Gasteiger partial charge < -0.3 is 15.8 Å². The first-order valence-corrected chi connectivity index (χ1v) is 5.32. The van der Waals surface area contributed by atoms with Crippen molar-refractivity contribution in [3.63, 3.8) is 0 Å². The second-order valence-electron chi connectivity index (χ2n) is 3.65. The third-order valence-corrected chi connectivity index (χ3v) is 2.47. The number of oxime groups is 1. The Bertz CT molecular complexity index is 339. The Morgan fingerprint density at radius 3 is 2.88 bits per heavy atom. The minimum Gasteiger partial charge on any atom is -0.409 e. The van der Waals surface area contributed by atoms with E-state index in [-0.39, 0.29) is 11.8 Å². The van der Waals surface area contributed by atoms with Crippen LogP contribution >= 0.6 is 0 Å². The van der Waals surface area contributed by atoms with Gasteiger partial charge in [0.15, 0.2) is 0 Å². The minimum atomic E-state index is -0.00745. The fraction of sp³-hybridized carbons (Fsp3) is 0.455. The van der Waals surface area contributed by atoms with E-state index in [0.717, 1.165) is 12.4 Å². The Morgan fingerprint density at radius 1 is 1.62 bits per heavy atom. The van der Waals surface area contributed by atoms with Crippen LogP contribution in [0.4, 0.5) is 5.82 Å². The second kappa shape index (κ2) is 5.95. The highest BCUT2D eigenvalue weighted by Crippen LogP contribution is 2.11. The minimum absolute atomic E-state index is 0.00745. The molecular formula is C11H18N4O. The van der Waals surface area contributed by atoms with Crippen LogP contribution < -0.4 is 10.6 Å². The van der Waals surface area contributed by atoms with E-state index in [9.17, 15) is 0 Å². The van der Waals surface area contributed by atoms with E-state index in [1.165, 1.54) is 0 Å². The van der Waals surface area contributed by atoms with Gasteiger partial charge in [-0.25, -0.2) is 4.98 Å². The van der Waals surface area contributed by atoms with E-state index in [2.05, 4.69) is 15.0 Å². The molecular weight excluding hydrogens is 204 g/mol. The fourth-order valence-electron chi connectivity index (χ4n) is 1.45. The molecule has 0 aromatic carbocycles. The second-order valence-corrected chi connectivity index (χ2v) is 3.65. The highest BCUT2D eigenvalue weighted by molar-refractivity contribution is 5.82. The number of rotatable bonds is 5. The van der Waals surface area contributed by atoms with Crippen LogP contribution in [-0.2, 0) is 0 Å². The third kappa shape index (κ3) is 3.12. The molecule has 0 aliphatic heterocycles. The van der Waals surface area contributed by atoms with Crippen molar-refractivity contribution in [2.24, 2.45) is 16.8 Å². The zero-order chi connectivity index (χ0) is 12.0. The molecule has 0 aliphatic rings. The van der Waals surface area contributed by atoms with Crippen molar-refractivity contribution in [2.45, 2.75) is 13.8 Å². The lowest BCUT2D eigenvalue weighted by Crippen LogP contribution is -2.35. The third-order valence-electron chi connectivity index (χ3n) is 2.47. The smallest absolute Gasteiger partial charge is 0.143 e. The quantitative estimate of drug-likeness (QED) is 0.341. The number of pyridine rings is 1. The van der Waals surface area contributed by atoms with Gasteiger partial charge >= 0.3 is 0 Å². The molecule has 88 valence electrons. The van der Waals surface area contributed by atoms with Gasteiger partial charge in [-0.2, -0.15) is 0 Å². The maximum Gasteiger partial charge on any atom is 0.143 e. The summed E-state index contributed by atoms with van der Waals surface area (Å²) in [6.07, 6.45) is 1.76. The molecule has 1 aromatic heterocycles. The Hall–Kier alpha value is -1.78. The topological polar surface area (TPSA) is 74.7 Å². The van der Waals surface area contributed by atoms with Crippen molar-refractivity contribution in [3.05, 3.63) is 24.4 Å². The first kappa shape index (κ1) is 12.3. The molecule has 5 nitrogen and oxygen atoms in total. The molecule has 3 N–H and O–H groups in total. The van der Waals surface area contributed by atoms with Gasteiger partial charge in [-0.15, -0.1) is 0 Å². The molecule has 5 heteroatoms. The monoisotopic (exact) mass is 222 g/mol. The Kier molecular flexibility index (Phi) is 4.57. The summed E-state index contributed by atoms with van der Waals surface area (Å²) in [5.41, 5.74) is 5.55. The summed E-state index contributed by atoms with van der Waals surface area (Å²) in [5, 5.41) is 11.6. The molecule has 0 amide bonds. The fourth-order valence-corrected chi connectivity index (χ4v) is 1.45. The van der Waals surface area contributed by atoms with Crippen LogP contribution in [0.15, 0.2) is 29.6 Å². The van der Waals surface area contributed by atoms with E-state index < -0.39 is 0 Å². The van der Waals surface area contributed by atoms with Gasteiger partial charge in [0.2, 0.25) is 0 Å². The molecule has 0 radical (unpaired) electrons. The van der Waals surface area contributed by atoms with Crippen molar-refractivity contribution in [2.75, 3.05) is 18.0 Å². The molecule has 1 rings (SSSR count). The first-order valence-electron chi connectivity index (χ1n) is 5.32. The zero-order valence-corrected chi connectivity index (χ0v) is 9.67. The van der Waals surface area contributed by atoms with Crippen LogP contribution in [-0.4, -0.2) is 29.1 Å². The lowest BCUT2D eigenvalue weighted by molar-refractivity contribution is 0.314. The van der Waals surface area contributed by atoms with Gasteiger partial charge in [0.1, 0.15) is 11.7 Å². The number of hydrogen-bond donors (Lipinski definition) is 2. The number of nitrogens with two attached hydrogens (primary N) is 1. The first-order chi connectivity index (χ1) is 7.69. The summed E-state index contributed by atoms with van der Waals surface area (Å²) >= 11 is 0. The number of anilines is 1. The van der Waals surface area contributed by atoms with Gasteiger partial charge in [-0.05, 0) is 19.1 Å². The van der Waals surface area contributed by atoms with E-state index in [1.807, 2.05) is 32.0 Å². The number of nitrogens with zero attached hydrogens (tertiary/aromatic N) is 3. The number of amidine groups is 1. The molecule has 0 saturated heterocycles. The van der Waals surface area contributed by atoms with Crippen molar-refractivity contribution < 1.29 is 5.21 Å². The molecule has 0 aliphatic carbocycles. The maximum absolute atomic E-state index is 8.59. The molecule has 0 spiro atoms. The summed E-state index contributed by atoms with van der Waals surface area (Å²) < 4.78 is 0. The molecule has 0 bridgehead atoms. The average molecular weight is 222 g/mol. The van der Waals surface area contributed by atoms with E-state index >= 15 is 0 Å².